The number of hydrogen-bond acceptors (Lipinski definition) is 2. The molecule has 1 aromatic rings. The van der Waals surface area contributed by atoms with Crippen LogP contribution in [0.2, 0.25) is 0 Å². The van der Waals surface area contributed by atoms with E-state index >= 15 is 0 Å². The van der Waals surface area contributed by atoms with Gasteiger partial charge in [0.1, 0.15) is 0 Å². The van der Waals surface area contributed by atoms with Crippen molar-refractivity contribution in [2.24, 2.45) is 5.92 Å². The molecule has 0 bridgehead atoms. The molecule has 0 spiro atoms. The minimum absolute atomic E-state index is 0.254. The van der Waals surface area contributed by atoms with Crippen molar-refractivity contribution in [2.45, 2.75) is 39.8 Å². The molecule has 0 aromatic heterocycles. The molecular weight excluding hydrogens is 198 g/mol. The Hall–Kier alpha value is -0.860. The highest BCUT2D eigenvalue weighted by atomic mass is 16.3. The van der Waals surface area contributed by atoms with Gasteiger partial charge in [0.2, 0.25) is 0 Å². The highest BCUT2D eigenvalue weighted by Crippen LogP contribution is 2.10. The van der Waals surface area contributed by atoms with Gasteiger partial charge >= 0.3 is 0 Å². The zero-order chi connectivity index (χ0) is 12.0. The Labute approximate surface area is 98.7 Å². The van der Waals surface area contributed by atoms with Crippen molar-refractivity contribution in [3.05, 3.63) is 35.4 Å². The molecular formula is C14H23NO. The average molecular weight is 221 g/mol. The van der Waals surface area contributed by atoms with Crippen LogP contribution >= 0.6 is 0 Å². The van der Waals surface area contributed by atoms with Crippen LogP contribution in [0, 0.1) is 12.8 Å². The Morgan fingerprint density at radius 2 is 1.94 bits per heavy atom. The maximum atomic E-state index is 9.00. The molecule has 90 valence electrons. The molecule has 2 nitrogen and oxygen atoms in total. The molecule has 16 heavy (non-hydrogen) atoms. The number of hydrogen-bond donors (Lipinski definition) is 2. The lowest BCUT2D eigenvalue weighted by molar-refractivity contribution is 0.244. The summed E-state index contributed by atoms with van der Waals surface area (Å²) in [5, 5.41) is 12.5. The summed E-state index contributed by atoms with van der Waals surface area (Å²) in [6.45, 7) is 7.64. The van der Waals surface area contributed by atoms with E-state index in [1.807, 2.05) is 0 Å². The highest BCUT2D eigenvalue weighted by Gasteiger charge is 2.11. The Kier molecular flexibility index (Phi) is 5.50. The van der Waals surface area contributed by atoms with Gasteiger partial charge in [0.25, 0.3) is 0 Å². The van der Waals surface area contributed by atoms with Crippen molar-refractivity contribution < 1.29 is 5.11 Å². The maximum absolute atomic E-state index is 9.00. The second-order valence-electron chi connectivity index (χ2n) is 4.67. The largest absolute Gasteiger partial charge is 0.396 e. The van der Waals surface area contributed by atoms with Crippen LogP contribution in [0.1, 0.15) is 31.4 Å². The van der Waals surface area contributed by atoms with Crippen LogP contribution in [0.25, 0.3) is 0 Å². The fraction of sp³-hybridized carbons (Fsp3) is 0.571. The van der Waals surface area contributed by atoms with E-state index in [1.165, 1.54) is 11.1 Å². The van der Waals surface area contributed by atoms with Crippen LogP contribution in [0.15, 0.2) is 24.3 Å². The number of aryl methyl sites for hydroxylation is 1. The van der Waals surface area contributed by atoms with Gasteiger partial charge in [-0.3, -0.25) is 0 Å². The highest BCUT2D eigenvalue weighted by molar-refractivity contribution is 5.25. The minimum atomic E-state index is 0.254. The molecule has 0 aliphatic rings. The van der Waals surface area contributed by atoms with E-state index in [0.717, 1.165) is 13.0 Å². The number of benzene rings is 1. The first kappa shape index (κ1) is 13.2. The van der Waals surface area contributed by atoms with E-state index < -0.39 is 0 Å². The van der Waals surface area contributed by atoms with Gasteiger partial charge in [-0.25, -0.2) is 0 Å². The molecule has 1 aromatic carbocycles. The van der Waals surface area contributed by atoms with Crippen molar-refractivity contribution in [1.29, 1.82) is 0 Å². The van der Waals surface area contributed by atoms with Crippen molar-refractivity contribution in [1.82, 2.24) is 5.32 Å². The Morgan fingerprint density at radius 3 is 2.50 bits per heavy atom. The van der Waals surface area contributed by atoms with Crippen molar-refractivity contribution >= 4 is 0 Å². The van der Waals surface area contributed by atoms with Gasteiger partial charge in [-0.2, -0.15) is 0 Å². The lowest BCUT2D eigenvalue weighted by Crippen LogP contribution is -2.34. The lowest BCUT2D eigenvalue weighted by atomic mass is 10.0. The van der Waals surface area contributed by atoms with Crippen LogP contribution in [0.4, 0.5) is 0 Å². The summed E-state index contributed by atoms with van der Waals surface area (Å²) >= 11 is 0. The molecule has 0 aliphatic heterocycles. The van der Waals surface area contributed by atoms with Crippen LogP contribution in [0.5, 0.6) is 0 Å². The number of aliphatic hydroxyl groups is 1. The standard InChI is InChI=1S/C14H23NO/c1-11(2)14(8-9-16)15-10-13-7-5-4-6-12(13)3/h4-7,11,14-16H,8-10H2,1-3H3. The fourth-order valence-corrected chi connectivity index (χ4v) is 1.86. The first-order valence-electron chi connectivity index (χ1n) is 6.04. The van der Waals surface area contributed by atoms with Gasteiger partial charge in [-0.15, -0.1) is 0 Å². The second kappa shape index (κ2) is 6.66. The summed E-state index contributed by atoms with van der Waals surface area (Å²) in [5.41, 5.74) is 2.66. The molecule has 1 unspecified atom stereocenters. The zero-order valence-electron chi connectivity index (χ0n) is 10.5. The van der Waals surface area contributed by atoms with Crippen LogP contribution in [-0.4, -0.2) is 17.8 Å². The van der Waals surface area contributed by atoms with Crippen LogP contribution < -0.4 is 5.32 Å². The summed E-state index contributed by atoms with van der Waals surface area (Å²) < 4.78 is 0. The normalized spacial score (nSPS) is 13.1. The third-order valence-electron chi connectivity index (χ3n) is 3.06. The summed E-state index contributed by atoms with van der Waals surface area (Å²) in [4.78, 5) is 0. The topological polar surface area (TPSA) is 32.3 Å². The SMILES string of the molecule is Cc1ccccc1CNC(CCO)C(C)C. The van der Waals surface area contributed by atoms with Crippen LogP contribution in [0.3, 0.4) is 0 Å². The molecule has 0 amide bonds. The molecule has 2 N–H and O–H groups in total. The van der Waals surface area contributed by atoms with Gasteiger partial charge < -0.3 is 10.4 Å². The Balaban J connectivity index is 2.52. The van der Waals surface area contributed by atoms with E-state index in [-0.39, 0.29) is 6.61 Å². The summed E-state index contributed by atoms with van der Waals surface area (Å²) in [5.74, 6) is 0.552. The van der Waals surface area contributed by atoms with Crippen molar-refractivity contribution in [3.63, 3.8) is 0 Å². The quantitative estimate of drug-likeness (QED) is 0.773. The zero-order valence-corrected chi connectivity index (χ0v) is 10.5. The van der Waals surface area contributed by atoms with E-state index in [4.69, 9.17) is 5.11 Å². The lowest BCUT2D eigenvalue weighted by Gasteiger charge is -2.22. The average Bonchev–Trinajstić information content (AvgIpc) is 2.26. The maximum Gasteiger partial charge on any atom is 0.0445 e. The minimum Gasteiger partial charge on any atom is -0.396 e. The molecule has 0 radical (unpaired) electrons. The van der Waals surface area contributed by atoms with Gasteiger partial charge in [0.15, 0.2) is 0 Å². The molecule has 0 heterocycles. The van der Waals surface area contributed by atoms with E-state index in [2.05, 4.69) is 50.4 Å². The van der Waals surface area contributed by atoms with Crippen molar-refractivity contribution in [2.75, 3.05) is 6.61 Å². The molecule has 1 atom stereocenters. The molecule has 0 fully saturated rings. The first-order valence-corrected chi connectivity index (χ1v) is 6.04. The summed E-state index contributed by atoms with van der Waals surface area (Å²) in [6.07, 6.45) is 0.823. The van der Waals surface area contributed by atoms with E-state index in [0.29, 0.717) is 12.0 Å². The van der Waals surface area contributed by atoms with E-state index in [1.54, 1.807) is 0 Å². The summed E-state index contributed by atoms with van der Waals surface area (Å²) in [7, 11) is 0. The molecule has 1 rings (SSSR count). The number of rotatable bonds is 6. The van der Waals surface area contributed by atoms with Gasteiger partial charge in [-0.1, -0.05) is 38.1 Å². The predicted octanol–water partition coefficient (Wildman–Crippen LogP) is 2.49. The monoisotopic (exact) mass is 221 g/mol. The molecule has 0 saturated carbocycles. The van der Waals surface area contributed by atoms with E-state index in [9.17, 15) is 0 Å². The number of nitrogens with one attached hydrogen (secondary N) is 1. The molecule has 2 heteroatoms. The fourth-order valence-electron chi connectivity index (χ4n) is 1.86. The number of aliphatic hydroxyl groups excluding tert-OH is 1. The van der Waals surface area contributed by atoms with Crippen LogP contribution in [-0.2, 0) is 6.54 Å². The second-order valence-corrected chi connectivity index (χ2v) is 4.67. The summed E-state index contributed by atoms with van der Waals surface area (Å²) in [6, 6.07) is 8.81. The van der Waals surface area contributed by atoms with Gasteiger partial charge in [0.05, 0.1) is 0 Å². The third-order valence-corrected chi connectivity index (χ3v) is 3.06. The van der Waals surface area contributed by atoms with Crippen molar-refractivity contribution in [3.8, 4) is 0 Å². The first-order chi connectivity index (χ1) is 7.65. The Bertz CT molecular complexity index is 309. The molecule has 0 saturated heterocycles. The Morgan fingerprint density at radius 1 is 1.25 bits per heavy atom. The smallest absolute Gasteiger partial charge is 0.0445 e. The predicted molar refractivity (Wildman–Crippen MR) is 68.3 cm³/mol. The third kappa shape index (κ3) is 3.95. The molecule has 0 aliphatic carbocycles. The van der Waals surface area contributed by atoms with Gasteiger partial charge in [-0.05, 0) is 30.4 Å². The van der Waals surface area contributed by atoms with Gasteiger partial charge in [0, 0.05) is 19.2 Å².